The van der Waals surface area contributed by atoms with Gasteiger partial charge in [-0.3, -0.25) is 4.79 Å². The second-order valence-electron chi connectivity index (χ2n) is 15.6. The Hall–Kier alpha value is -2.96. The minimum atomic E-state index is -1.57. The van der Waals surface area contributed by atoms with Crippen molar-refractivity contribution in [3.8, 4) is 0 Å². The predicted molar refractivity (Wildman–Crippen MR) is 205 cm³/mol. The highest BCUT2D eigenvalue weighted by molar-refractivity contribution is 5.86. The number of piperidine rings is 1. The fourth-order valence-electron chi connectivity index (χ4n) is 9.33. The molecule has 51 heavy (non-hydrogen) atoms. The van der Waals surface area contributed by atoms with E-state index in [1.165, 1.54) is 101 Å². The Morgan fingerprint density at radius 1 is 0.745 bits per heavy atom. The largest absolute Gasteiger partial charge is 0.459 e. The number of nitrogens with zero attached hydrogens (tertiary/aromatic N) is 1. The maximum atomic E-state index is 14.6. The van der Waals surface area contributed by atoms with Crippen molar-refractivity contribution in [2.75, 3.05) is 13.1 Å². The summed E-state index contributed by atoms with van der Waals surface area (Å²) in [6.45, 7) is 6.53. The summed E-state index contributed by atoms with van der Waals surface area (Å²) in [5.74, 6) is -0.730. The van der Waals surface area contributed by atoms with Crippen LogP contribution in [0.1, 0.15) is 153 Å². The predicted octanol–water partition coefficient (Wildman–Crippen LogP) is 10.7. The SMILES string of the molecule is CCCCCCCC/C=C\CCCCCCCC(=O)OC(C)OC(C(=O)OC1CC2CCC(C1)[N+]21CCCC1)(c1ccccc1)c1ccccc1. The number of esters is 2. The molecular formula is C45H66NO5+. The maximum Gasteiger partial charge on any atom is 0.348 e. The smallest absolute Gasteiger partial charge is 0.348 e. The summed E-state index contributed by atoms with van der Waals surface area (Å²) in [6, 6.07) is 20.3. The summed E-state index contributed by atoms with van der Waals surface area (Å²) in [6.07, 6.45) is 26.5. The number of allylic oxidation sites excluding steroid dienone is 2. The van der Waals surface area contributed by atoms with Gasteiger partial charge >= 0.3 is 11.9 Å². The van der Waals surface area contributed by atoms with E-state index in [-0.39, 0.29) is 12.1 Å². The quantitative estimate of drug-likeness (QED) is 0.0402. The molecule has 6 nitrogen and oxygen atoms in total. The van der Waals surface area contributed by atoms with E-state index in [1.54, 1.807) is 6.92 Å². The zero-order valence-electron chi connectivity index (χ0n) is 31.8. The highest BCUT2D eigenvalue weighted by atomic mass is 16.7. The topological polar surface area (TPSA) is 61.8 Å². The summed E-state index contributed by atoms with van der Waals surface area (Å²) in [7, 11) is 0. The van der Waals surface area contributed by atoms with Crippen molar-refractivity contribution in [3.05, 3.63) is 83.9 Å². The summed E-state index contributed by atoms with van der Waals surface area (Å²) in [5.41, 5.74) is -0.229. The maximum absolute atomic E-state index is 14.6. The Balaban J connectivity index is 1.11. The first-order valence-corrected chi connectivity index (χ1v) is 20.7. The molecule has 0 radical (unpaired) electrons. The van der Waals surface area contributed by atoms with Crippen LogP contribution in [0.4, 0.5) is 0 Å². The first-order chi connectivity index (χ1) is 25.0. The molecule has 0 amide bonds. The Morgan fingerprint density at radius 2 is 1.25 bits per heavy atom. The lowest BCUT2D eigenvalue weighted by atomic mass is 9.85. The van der Waals surface area contributed by atoms with Crippen LogP contribution in [0.25, 0.3) is 0 Å². The lowest BCUT2D eigenvalue weighted by Gasteiger charge is -2.47. The molecule has 6 heteroatoms. The van der Waals surface area contributed by atoms with E-state index in [4.69, 9.17) is 14.2 Å². The first kappa shape index (κ1) is 39.3. The molecule has 3 aliphatic rings. The molecule has 0 aromatic heterocycles. The van der Waals surface area contributed by atoms with Crippen LogP contribution >= 0.6 is 0 Å². The summed E-state index contributed by atoms with van der Waals surface area (Å²) in [5, 5.41) is 0. The van der Waals surface area contributed by atoms with Crippen LogP contribution in [0.15, 0.2) is 72.8 Å². The molecule has 280 valence electrons. The molecule has 3 saturated heterocycles. The molecule has 2 bridgehead atoms. The van der Waals surface area contributed by atoms with Crippen molar-refractivity contribution in [1.29, 1.82) is 0 Å². The molecule has 3 unspecified atom stereocenters. The fraction of sp³-hybridized carbons (Fsp3) is 0.644. The molecular weight excluding hydrogens is 634 g/mol. The molecule has 3 fully saturated rings. The molecule has 2 aromatic rings. The lowest BCUT2D eigenvalue weighted by molar-refractivity contribution is -0.956. The Labute approximate surface area is 308 Å². The minimum absolute atomic E-state index is 0.145. The molecule has 3 atom stereocenters. The molecule has 0 saturated carbocycles. The molecule has 3 heterocycles. The highest BCUT2D eigenvalue weighted by Crippen LogP contribution is 2.47. The Kier molecular flexibility index (Phi) is 15.6. The van der Waals surface area contributed by atoms with Gasteiger partial charge in [0.1, 0.15) is 6.10 Å². The molecule has 0 N–H and O–H groups in total. The second kappa shape index (κ2) is 20.3. The fourth-order valence-corrected chi connectivity index (χ4v) is 9.33. The third-order valence-electron chi connectivity index (χ3n) is 12.0. The summed E-state index contributed by atoms with van der Waals surface area (Å²) < 4.78 is 20.2. The standard InChI is InChI=1S/C45H66NO5/c1-3-4-5-6-7-8-9-10-11-12-13-14-15-16-23-30-43(47)49-37(2)51-45(38-26-19-17-20-27-38,39-28-21-18-22-29-39)44(48)50-42-35-40-31-32-41(36-42)46(40)33-24-25-34-46/h10-11,17-22,26-29,37,40-42H,3-9,12-16,23-25,30-36H2,1-2H3/q+1/b11-10-. The van der Waals surface area contributed by atoms with Crippen LogP contribution in [0, 0.1) is 0 Å². The average molecular weight is 701 g/mol. The first-order valence-electron chi connectivity index (χ1n) is 20.7. The van der Waals surface area contributed by atoms with Gasteiger partial charge in [-0.25, -0.2) is 4.79 Å². The van der Waals surface area contributed by atoms with Gasteiger partial charge in [-0.1, -0.05) is 131 Å². The van der Waals surface area contributed by atoms with E-state index >= 15 is 0 Å². The normalized spacial score (nSPS) is 21.6. The van der Waals surface area contributed by atoms with Gasteiger partial charge in [0.15, 0.2) is 0 Å². The summed E-state index contributed by atoms with van der Waals surface area (Å²) in [4.78, 5) is 27.6. The highest BCUT2D eigenvalue weighted by Gasteiger charge is 2.57. The van der Waals surface area contributed by atoms with Gasteiger partial charge < -0.3 is 18.7 Å². The monoisotopic (exact) mass is 700 g/mol. The van der Waals surface area contributed by atoms with Crippen LogP contribution in [-0.2, 0) is 29.4 Å². The van der Waals surface area contributed by atoms with E-state index in [0.717, 1.165) is 38.5 Å². The van der Waals surface area contributed by atoms with E-state index in [9.17, 15) is 9.59 Å². The third kappa shape index (κ3) is 10.6. The number of unbranched alkanes of at least 4 members (excludes halogenated alkanes) is 11. The Bertz CT molecular complexity index is 1280. The third-order valence-corrected chi connectivity index (χ3v) is 12.0. The van der Waals surface area contributed by atoms with Crippen LogP contribution in [0.3, 0.4) is 0 Å². The minimum Gasteiger partial charge on any atom is -0.459 e. The number of quaternary nitrogens is 1. The number of benzene rings is 2. The zero-order chi connectivity index (χ0) is 35.8. The molecule has 3 aliphatic heterocycles. The van der Waals surface area contributed by atoms with E-state index in [0.29, 0.717) is 29.6 Å². The van der Waals surface area contributed by atoms with E-state index in [1.807, 2.05) is 60.7 Å². The van der Waals surface area contributed by atoms with Crippen LogP contribution in [-0.4, -0.2) is 54.0 Å². The molecule has 0 aliphatic carbocycles. The Morgan fingerprint density at radius 3 is 1.80 bits per heavy atom. The molecule has 1 spiro atoms. The van der Waals surface area contributed by atoms with Gasteiger partial charge in [0, 0.05) is 44.9 Å². The average Bonchev–Trinajstić information content (AvgIpc) is 3.69. The number of rotatable bonds is 22. The zero-order valence-corrected chi connectivity index (χ0v) is 31.8. The van der Waals surface area contributed by atoms with Gasteiger partial charge in [-0.15, -0.1) is 0 Å². The molecule has 5 rings (SSSR count). The van der Waals surface area contributed by atoms with Crippen LogP contribution < -0.4 is 0 Å². The van der Waals surface area contributed by atoms with Crippen LogP contribution in [0.5, 0.6) is 0 Å². The van der Waals surface area contributed by atoms with Crippen molar-refractivity contribution >= 4 is 11.9 Å². The van der Waals surface area contributed by atoms with Crippen molar-refractivity contribution in [2.45, 2.75) is 172 Å². The van der Waals surface area contributed by atoms with Crippen LogP contribution in [0.2, 0.25) is 0 Å². The number of hydrogen-bond acceptors (Lipinski definition) is 5. The number of carbonyl (C=O) groups is 2. The van der Waals surface area contributed by atoms with E-state index < -0.39 is 17.9 Å². The van der Waals surface area contributed by atoms with Crippen molar-refractivity contribution in [3.63, 3.8) is 0 Å². The van der Waals surface area contributed by atoms with Crippen molar-refractivity contribution in [1.82, 2.24) is 0 Å². The number of carbonyl (C=O) groups excluding carboxylic acids is 2. The van der Waals surface area contributed by atoms with Gasteiger partial charge in [-0.05, 0) is 50.2 Å². The van der Waals surface area contributed by atoms with Gasteiger partial charge in [-0.2, -0.15) is 0 Å². The van der Waals surface area contributed by atoms with Crippen molar-refractivity contribution in [2.24, 2.45) is 0 Å². The molecule has 2 aromatic carbocycles. The lowest BCUT2D eigenvalue weighted by Crippen LogP contribution is -2.60. The number of ether oxygens (including phenoxy) is 3. The second-order valence-corrected chi connectivity index (χ2v) is 15.6. The van der Waals surface area contributed by atoms with Gasteiger partial charge in [0.05, 0.1) is 25.2 Å². The van der Waals surface area contributed by atoms with Gasteiger partial charge in [0.2, 0.25) is 11.9 Å². The van der Waals surface area contributed by atoms with Gasteiger partial charge in [0.25, 0.3) is 0 Å². The number of hydrogen-bond donors (Lipinski definition) is 0. The van der Waals surface area contributed by atoms with E-state index in [2.05, 4.69) is 19.1 Å². The van der Waals surface area contributed by atoms with Crippen molar-refractivity contribution < 1.29 is 28.3 Å². The summed E-state index contributed by atoms with van der Waals surface area (Å²) >= 11 is 0.